The van der Waals surface area contributed by atoms with E-state index in [4.69, 9.17) is 4.74 Å². The average molecular weight is 208 g/mol. The van der Waals surface area contributed by atoms with Crippen LogP contribution in [-0.2, 0) is 4.74 Å². The number of aryl methyl sites for hydroxylation is 1. The maximum atomic E-state index is 11.4. The van der Waals surface area contributed by atoms with E-state index in [-0.39, 0.29) is 5.97 Å². The van der Waals surface area contributed by atoms with Gasteiger partial charge >= 0.3 is 5.97 Å². The summed E-state index contributed by atoms with van der Waals surface area (Å²) in [5.41, 5.74) is 1.35. The molecule has 1 saturated carbocycles. The first-order valence-electron chi connectivity index (χ1n) is 5.36. The fraction of sp³-hybridized carbons (Fsp3) is 0.636. The van der Waals surface area contributed by atoms with Gasteiger partial charge in [0.2, 0.25) is 0 Å². The second kappa shape index (κ2) is 4.04. The minimum absolute atomic E-state index is 0.295. The van der Waals surface area contributed by atoms with Crippen molar-refractivity contribution in [2.24, 2.45) is 0 Å². The van der Waals surface area contributed by atoms with Gasteiger partial charge in [0.25, 0.3) is 0 Å². The van der Waals surface area contributed by atoms with Crippen LogP contribution in [0.2, 0.25) is 0 Å². The molecule has 0 unspecified atom stereocenters. The van der Waals surface area contributed by atoms with Crippen molar-refractivity contribution in [1.29, 1.82) is 0 Å². The van der Waals surface area contributed by atoms with Crippen molar-refractivity contribution in [3.05, 3.63) is 17.5 Å². The summed E-state index contributed by atoms with van der Waals surface area (Å²) in [5, 5.41) is 4.38. The molecule has 0 atom stereocenters. The summed E-state index contributed by atoms with van der Waals surface area (Å²) in [7, 11) is 1.40. The molecule has 0 bridgehead atoms. The molecule has 82 valence electrons. The van der Waals surface area contributed by atoms with E-state index in [2.05, 4.69) is 5.10 Å². The lowest BCUT2D eigenvalue weighted by Crippen LogP contribution is -2.05. The zero-order valence-corrected chi connectivity index (χ0v) is 9.19. The molecular weight excluding hydrogens is 192 g/mol. The lowest BCUT2D eigenvalue weighted by molar-refractivity contribution is 0.0600. The van der Waals surface area contributed by atoms with Gasteiger partial charge in [0, 0.05) is 6.20 Å². The van der Waals surface area contributed by atoms with Crippen molar-refractivity contribution < 1.29 is 9.53 Å². The number of ether oxygens (including phenoxy) is 1. The van der Waals surface area contributed by atoms with Crippen LogP contribution in [0.25, 0.3) is 0 Å². The number of rotatable bonds is 2. The highest BCUT2D eigenvalue weighted by Crippen LogP contribution is 2.29. The normalized spacial score (nSPS) is 16.9. The summed E-state index contributed by atoms with van der Waals surface area (Å²) < 4.78 is 6.63. The van der Waals surface area contributed by atoms with Crippen molar-refractivity contribution in [1.82, 2.24) is 9.78 Å². The van der Waals surface area contributed by atoms with Crippen molar-refractivity contribution in [2.75, 3.05) is 7.11 Å². The Hall–Kier alpha value is -1.32. The lowest BCUT2D eigenvalue weighted by Gasteiger charge is -2.08. The molecule has 4 nitrogen and oxygen atoms in total. The van der Waals surface area contributed by atoms with Gasteiger partial charge in [-0.3, -0.25) is 4.68 Å². The number of nitrogens with zero attached hydrogens (tertiary/aromatic N) is 2. The van der Waals surface area contributed by atoms with Crippen molar-refractivity contribution in [3.8, 4) is 0 Å². The summed E-state index contributed by atoms with van der Waals surface area (Å²) >= 11 is 0. The van der Waals surface area contributed by atoms with E-state index in [9.17, 15) is 4.79 Å². The summed E-state index contributed by atoms with van der Waals surface area (Å²) in [4.78, 5) is 11.4. The van der Waals surface area contributed by atoms with E-state index in [0.717, 1.165) is 5.69 Å². The van der Waals surface area contributed by atoms with Gasteiger partial charge in [0.1, 0.15) is 5.56 Å². The quantitative estimate of drug-likeness (QED) is 0.699. The van der Waals surface area contributed by atoms with E-state index in [1.54, 1.807) is 0 Å². The molecule has 15 heavy (non-hydrogen) atoms. The number of methoxy groups -OCH3 is 1. The first-order chi connectivity index (χ1) is 7.22. The number of carbonyl (C=O) groups is 1. The summed E-state index contributed by atoms with van der Waals surface area (Å²) in [6.07, 6.45) is 6.68. The SMILES string of the molecule is COC(=O)c1cn(C2CCCC2)nc1C. The first-order valence-corrected chi connectivity index (χ1v) is 5.36. The Balaban J connectivity index is 2.23. The Morgan fingerprint density at radius 2 is 2.20 bits per heavy atom. The van der Waals surface area contributed by atoms with E-state index in [0.29, 0.717) is 11.6 Å². The zero-order valence-electron chi connectivity index (χ0n) is 9.19. The third-order valence-corrected chi connectivity index (χ3v) is 3.02. The number of carbonyl (C=O) groups excluding carboxylic acids is 1. The van der Waals surface area contributed by atoms with Gasteiger partial charge in [-0.05, 0) is 19.8 Å². The Kier molecular flexibility index (Phi) is 2.75. The fourth-order valence-corrected chi connectivity index (χ4v) is 2.15. The van der Waals surface area contributed by atoms with Crippen LogP contribution >= 0.6 is 0 Å². The zero-order chi connectivity index (χ0) is 10.8. The van der Waals surface area contributed by atoms with Crippen LogP contribution < -0.4 is 0 Å². The molecule has 1 aliphatic carbocycles. The molecule has 1 aromatic rings. The number of hydrogen-bond acceptors (Lipinski definition) is 3. The molecule has 0 spiro atoms. The van der Waals surface area contributed by atoms with Gasteiger partial charge in [-0.25, -0.2) is 4.79 Å². The predicted octanol–water partition coefficient (Wildman–Crippen LogP) is 2.09. The van der Waals surface area contributed by atoms with Crippen LogP contribution in [0.15, 0.2) is 6.20 Å². The average Bonchev–Trinajstić information content (AvgIpc) is 2.84. The van der Waals surface area contributed by atoms with Crippen molar-refractivity contribution in [3.63, 3.8) is 0 Å². The Bertz CT molecular complexity index is 365. The van der Waals surface area contributed by atoms with Crippen LogP contribution in [0.4, 0.5) is 0 Å². The van der Waals surface area contributed by atoms with Gasteiger partial charge < -0.3 is 4.74 Å². The van der Waals surface area contributed by atoms with Crippen molar-refractivity contribution >= 4 is 5.97 Å². The Morgan fingerprint density at radius 1 is 1.53 bits per heavy atom. The highest BCUT2D eigenvalue weighted by molar-refractivity contribution is 5.90. The first kappa shape index (κ1) is 10.2. The predicted molar refractivity (Wildman–Crippen MR) is 55.8 cm³/mol. The molecule has 0 aromatic carbocycles. The Morgan fingerprint density at radius 3 is 2.80 bits per heavy atom. The standard InChI is InChI=1S/C11H16N2O2/c1-8-10(11(14)15-2)7-13(12-8)9-5-3-4-6-9/h7,9H,3-6H2,1-2H3. The monoisotopic (exact) mass is 208 g/mol. The third-order valence-electron chi connectivity index (χ3n) is 3.02. The van der Waals surface area contributed by atoms with Crippen LogP contribution in [0.5, 0.6) is 0 Å². The summed E-state index contributed by atoms with van der Waals surface area (Å²) in [5.74, 6) is -0.295. The maximum absolute atomic E-state index is 11.4. The maximum Gasteiger partial charge on any atom is 0.341 e. The smallest absolute Gasteiger partial charge is 0.341 e. The molecule has 1 aliphatic rings. The minimum Gasteiger partial charge on any atom is -0.465 e. The second-order valence-electron chi connectivity index (χ2n) is 4.04. The fourth-order valence-electron chi connectivity index (χ4n) is 2.15. The van der Waals surface area contributed by atoms with Gasteiger partial charge in [-0.1, -0.05) is 12.8 Å². The summed E-state index contributed by atoms with van der Waals surface area (Å²) in [6.45, 7) is 1.84. The van der Waals surface area contributed by atoms with E-state index >= 15 is 0 Å². The molecule has 0 saturated heterocycles. The highest BCUT2D eigenvalue weighted by Gasteiger charge is 2.21. The Labute approximate surface area is 89.2 Å². The topological polar surface area (TPSA) is 44.1 Å². The van der Waals surface area contributed by atoms with E-state index < -0.39 is 0 Å². The second-order valence-corrected chi connectivity index (χ2v) is 4.04. The highest BCUT2D eigenvalue weighted by atomic mass is 16.5. The molecule has 0 N–H and O–H groups in total. The summed E-state index contributed by atoms with van der Waals surface area (Å²) in [6, 6.07) is 0.474. The molecule has 2 rings (SSSR count). The largest absolute Gasteiger partial charge is 0.465 e. The van der Waals surface area contributed by atoms with Crippen LogP contribution in [0, 0.1) is 6.92 Å². The molecule has 1 fully saturated rings. The number of aromatic nitrogens is 2. The molecule has 0 radical (unpaired) electrons. The van der Waals surface area contributed by atoms with Gasteiger partial charge in [0.05, 0.1) is 18.8 Å². The van der Waals surface area contributed by atoms with Crippen LogP contribution in [0.1, 0.15) is 47.8 Å². The molecule has 1 aromatic heterocycles. The van der Waals surface area contributed by atoms with E-state index in [1.165, 1.54) is 32.8 Å². The van der Waals surface area contributed by atoms with Gasteiger partial charge in [-0.2, -0.15) is 5.10 Å². The number of hydrogen-bond donors (Lipinski definition) is 0. The number of esters is 1. The van der Waals surface area contributed by atoms with Crippen molar-refractivity contribution in [2.45, 2.75) is 38.6 Å². The van der Waals surface area contributed by atoms with Crippen LogP contribution in [-0.4, -0.2) is 22.9 Å². The third kappa shape index (κ3) is 1.89. The molecular formula is C11H16N2O2. The molecule has 4 heteroatoms. The van der Waals surface area contributed by atoms with Gasteiger partial charge in [0.15, 0.2) is 0 Å². The molecule has 0 amide bonds. The van der Waals surface area contributed by atoms with Gasteiger partial charge in [-0.15, -0.1) is 0 Å². The van der Waals surface area contributed by atoms with Crippen LogP contribution in [0.3, 0.4) is 0 Å². The molecule has 0 aliphatic heterocycles. The lowest BCUT2D eigenvalue weighted by atomic mass is 10.2. The van der Waals surface area contributed by atoms with E-state index in [1.807, 2.05) is 17.8 Å². The minimum atomic E-state index is -0.295. The molecule has 1 heterocycles.